The van der Waals surface area contributed by atoms with E-state index < -0.39 is 5.60 Å². The molecule has 1 unspecified atom stereocenters. The number of phenolic OH excluding ortho intramolecular Hbond substituents is 2. The molecule has 1 atom stereocenters. The van der Waals surface area contributed by atoms with Gasteiger partial charge in [0, 0.05) is 19.0 Å². The van der Waals surface area contributed by atoms with Gasteiger partial charge in [-0.05, 0) is 24.6 Å². The minimum atomic E-state index is -0.769. The standard InChI is InChI=1S/C11H15NO3/c13-9-2-1-8(10(14)5-9)6-11(15)3-4-12-7-11/h1-2,5,12-15H,3-4,6-7H2. The fraction of sp³-hybridized carbons (Fsp3) is 0.455. The highest BCUT2D eigenvalue weighted by molar-refractivity contribution is 5.39. The molecule has 1 aliphatic heterocycles. The Morgan fingerprint density at radius 1 is 1.33 bits per heavy atom. The number of aliphatic hydroxyl groups is 1. The highest BCUT2D eigenvalue weighted by atomic mass is 16.3. The first kappa shape index (κ1) is 10.3. The smallest absolute Gasteiger partial charge is 0.122 e. The molecule has 1 aromatic rings. The van der Waals surface area contributed by atoms with Gasteiger partial charge in [0.2, 0.25) is 0 Å². The van der Waals surface area contributed by atoms with Gasteiger partial charge in [-0.25, -0.2) is 0 Å². The molecule has 4 nitrogen and oxygen atoms in total. The number of phenols is 2. The fourth-order valence-corrected chi connectivity index (χ4v) is 1.94. The average Bonchev–Trinajstić information content (AvgIpc) is 2.58. The lowest BCUT2D eigenvalue weighted by Gasteiger charge is -2.21. The van der Waals surface area contributed by atoms with Crippen LogP contribution < -0.4 is 5.32 Å². The maximum Gasteiger partial charge on any atom is 0.122 e. The predicted molar refractivity (Wildman–Crippen MR) is 55.9 cm³/mol. The van der Waals surface area contributed by atoms with Crippen molar-refractivity contribution < 1.29 is 15.3 Å². The first-order valence-electron chi connectivity index (χ1n) is 5.03. The van der Waals surface area contributed by atoms with Crippen LogP contribution in [-0.2, 0) is 6.42 Å². The van der Waals surface area contributed by atoms with Gasteiger partial charge in [0.1, 0.15) is 11.5 Å². The number of rotatable bonds is 2. The molecular formula is C11H15NO3. The summed E-state index contributed by atoms with van der Waals surface area (Å²) in [5.74, 6) is 0.0723. The van der Waals surface area contributed by atoms with Crippen LogP contribution in [0.4, 0.5) is 0 Å². The molecule has 0 saturated carbocycles. The Morgan fingerprint density at radius 3 is 2.73 bits per heavy atom. The Labute approximate surface area is 88.2 Å². The zero-order valence-corrected chi connectivity index (χ0v) is 8.40. The lowest BCUT2D eigenvalue weighted by atomic mass is 9.93. The second kappa shape index (κ2) is 3.72. The minimum Gasteiger partial charge on any atom is -0.508 e. The van der Waals surface area contributed by atoms with Gasteiger partial charge in [0.25, 0.3) is 0 Å². The summed E-state index contributed by atoms with van der Waals surface area (Å²) in [4.78, 5) is 0. The zero-order valence-electron chi connectivity index (χ0n) is 8.40. The predicted octanol–water partition coefficient (Wildman–Crippen LogP) is 0.365. The van der Waals surface area contributed by atoms with Crippen molar-refractivity contribution in [1.29, 1.82) is 0 Å². The first-order valence-corrected chi connectivity index (χ1v) is 5.03. The van der Waals surface area contributed by atoms with Gasteiger partial charge >= 0.3 is 0 Å². The number of aromatic hydroxyl groups is 2. The van der Waals surface area contributed by atoms with Crippen LogP contribution in [0.25, 0.3) is 0 Å². The van der Waals surface area contributed by atoms with Gasteiger partial charge < -0.3 is 20.6 Å². The second-order valence-electron chi connectivity index (χ2n) is 4.14. The Bertz CT molecular complexity index is 359. The monoisotopic (exact) mass is 209 g/mol. The van der Waals surface area contributed by atoms with Crippen molar-refractivity contribution in [3.05, 3.63) is 23.8 Å². The normalized spacial score (nSPS) is 25.7. The zero-order chi connectivity index (χ0) is 10.9. The van der Waals surface area contributed by atoms with Crippen LogP contribution in [0.5, 0.6) is 11.5 Å². The van der Waals surface area contributed by atoms with E-state index in [0.29, 0.717) is 24.9 Å². The van der Waals surface area contributed by atoms with Gasteiger partial charge in [-0.3, -0.25) is 0 Å². The van der Waals surface area contributed by atoms with E-state index in [1.54, 1.807) is 6.07 Å². The molecule has 2 rings (SSSR count). The van der Waals surface area contributed by atoms with Crippen LogP contribution in [0.3, 0.4) is 0 Å². The Balaban J connectivity index is 2.16. The van der Waals surface area contributed by atoms with E-state index in [9.17, 15) is 10.2 Å². The Hall–Kier alpha value is -1.26. The van der Waals surface area contributed by atoms with Gasteiger partial charge in [-0.1, -0.05) is 6.07 Å². The topological polar surface area (TPSA) is 72.7 Å². The number of β-amino-alcohol motifs (C(OH)–C–C–N with tert-alkyl or cyclic N) is 1. The summed E-state index contributed by atoms with van der Waals surface area (Å²) < 4.78 is 0. The van der Waals surface area contributed by atoms with Crippen LogP contribution in [0.15, 0.2) is 18.2 Å². The van der Waals surface area contributed by atoms with E-state index in [1.165, 1.54) is 12.1 Å². The molecule has 0 spiro atoms. The average molecular weight is 209 g/mol. The van der Waals surface area contributed by atoms with Crippen molar-refractivity contribution >= 4 is 0 Å². The van der Waals surface area contributed by atoms with Crippen molar-refractivity contribution in [3.8, 4) is 11.5 Å². The Morgan fingerprint density at radius 2 is 2.13 bits per heavy atom. The largest absolute Gasteiger partial charge is 0.508 e. The van der Waals surface area contributed by atoms with E-state index in [2.05, 4.69) is 5.32 Å². The molecule has 1 fully saturated rings. The molecule has 4 N–H and O–H groups in total. The molecule has 1 heterocycles. The van der Waals surface area contributed by atoms with Crippen LogP contribution in [0, 0.1) is 0 Å². The van der Waals surface area contributed by atoms with Crippen molar-refractivity contribution in [2.75, 3.05) is 13.1 Å². The lowest BCUT2D eigenvalue weighted by molar-refractivity contribution is 0.0612. The third-order valence-corrected chi connectivity index (χ3v) is 2.81. The maximum absolute atomic E-state index is 10.1. The van der Waals surface area contributed by atoms with E-state index in [-0.39, 0.29) is 11.5 Å². The lowest BCUT2D eigenvalue weighted by Crippen LogP contribution is -2.33. The van der Waals surface area contributed by atoms with E-state index >= 15 is 0 Å². The molecule has 4 heteroatoms. The summed E-state index contributed by atoms with van der Waals surface area (Å²) in [6, 6.07) is 4.45. The summed E-state index contributed by atoms with van der Waals surface area (Å²) in [6.45, 7) is 1.35. The summed E-state index contributed by atoms with van der Waals surface area (Å²) in [7, 11) is 0. The molecule has 1 aliphatic rings. The molecule has 82 valence electrons. The van der Waals surface area contributed by atoms with Gasteiger partial charge in [0.15, 0.2) is 0 Å². The third-order valence-electron chi connectivity index (χ3n) is 2.81. The first-order chi connectivity index (χ1) is 7.09. The molecular weight excluding hydrogens is 194 g/mol. The highest BCUT2D eigenvalue weighted by Gasteiger charge is 2.31. The minimum absolute atomic E-state index is 0.0350. The molecule has 0 radical (unpaired) electrons. The third kappa shape index (κ3) is 2.22. The number of hydrogen-bond acceptors (Lipinski definition) is 4. The van der Waals surface area contributed by atoms with Crippen molar-refractivity contribution in [2.45, 2.75) is 18.4 Å². The van der Waals surface area contributed by atoms with E-state index in [4.69, 9.17) is 5.11 Å². The van der Waals surface area contributed by atoms with Crippen molar-refractivity contribution in [2.24, 2.45) is 0 Å². The van der Waals surface area contributed by atoms with Gasteiger partial charge in [-0.2, -0.15) is 0 Å². The molecule has 0 bridgehead atoms. The molecule has 0 amide bonds. The maximum atomic E-state index is 10.1. The highest BCUT2D eigenvalue weighted by Crippen LogP contribution is 2.28. The molecule has 0 aliphatic carbocycles. The SMILES string of the molecule is Oc1ccc(CC2(O)CCNC2)c(O)c1. The summed E-state index contributed by atoms with van der Waals surface area (Å²) in [5, 5.41) is 31.9. The van der Waals surface area contributed by atoms with E-state index in [0.717, 1.165) is 6.54 Å². The van der Waals surface area contributed by atoms with Crippen molar-refractivity contribution in [3.63, 3.8) is 0 Å². The van der Waals surface area contributed by atoms with Gasteiger partial charge in [0.05, 0.1) is 5.60 Å². The number of nitrogens with one attached hydrogen (secondary N) is 1. The van der Waals surface area contributed by atoms with Crippen LogP contribution in [-0.4, -0.2) is 34.0 Å². The molecule has 1 saturated heterocycles. The summed E-state index contributed by atoms with van der Waals surface area (Å²) >= 11 is 0. The van der Waals surface area contributed by atoms with Gasteiger partial charge in [-0.15, -0.1) is 0 Å². The molecule has 0 aromatic heterocycles. The molecule has 1 aromatic carbocycles. The summed E-state index contributed by atoms with van der Waals surface area (Å²) in [6.07, 6.45) is 1.10. The van der Waals surface area contributed by atoms with Crippen LogP contribution in [0.2, 0.25) is 0 Å². The number of hydrogen-bond donors (Lipinski definition) is 4. The molecule has 15 heavy (non-hydrogen) atoms. The fourth-order valence-electron chi connectivity index (χ4n) is 1.94. The van der Waals surface area contributed by atoms with E-state index in [1.807, 2.05) is 0 Å². The van der Waals surface area contributed by atoms with Crippen molar-refractivity contribution in [1.82, 2.24) is 5.32 Å². The van der Waals surface area contributed by atoms with Crippen LogP contribution >= 0.6 is 0 Å². The summed E-state index contributed by atoms with van der Waals surface area (Å²) in [5.41, 5.74) is -0.104. The Kier molecular flexibility index (Phi) is 2.54. The quantitative estimate of drug-likeness (QED) is 0.567. The second-order valence-corrected chi connectivity index (χ2v) is 4.14. The number of benzene rings is 1. The van der Waals surface area contributed by atoms with Crippen LogP contribution in [0.1, 0.15) is 12.0 Å².